The number of nitrogens with zero attached hydrogens (tertiary/aromatic N) is 8. The van der Waals surface area contributed by atoms with E-state index < -0.39 is 0 Å². The number of hydrogen-bond acceptors (Lipinski definition) is 4. The summed E-state index contributed by atoms with van der Waals surface area (Å²) < 4.78 is 9.53. The van der Waals surface area contributed by atoms with Crippen LogP contribution >= 0.6 is 0 Å². The predicted octanol–water partition coefficient (Wildman–Crippen LogP) is 29.0. The van der Waals surface area contributed by atoms with E-state index in [4.69, 9.17) is 19.9 Å². The molecule has 0 aliphatic rings. The summed E-state index contributed by atoms with van der Waals surface area (Å²) >= 11 is 0. The van der Waals surface area contributed by atoms with E-state index in [1.54, 1.807) is 0 Å². The first kappa shape index (κ1) is 69.4. The summed E-state index contributed by atoms with van der Waals surface area (Å²) in [5, 5.41) is 14.8. The third kappa shape index (κ3) is 12.1. The van der Waals surface area contributed by atoms with E-state index in [2.05, 4.69) is 425 Å². The van der Waals surface area contributed by atoms with E-state index in [0.29, 0.717) is 11.6 Å². The molecule has 0 N–H and O–H groups in total. The maximum Gasteiger partial charge on any atom is 0.160 e. The summed E-state index contributed by atoms with van der Waals surface area (Å²) in [6.07, 6.45) is 0. The first-order valence-electron chi connectivity index (χ1n) is 40.8. The van der Waals surface area contributed by atoms with E-state index >= 15 is 0 Å². The van der Waals surface area contributed by atoms with Gasteiger partial charge in [0, 0.05) is 99.2 Å². The molecule has 18 aromatic carbocycles. The quantitative estimate of drug-likeness (QED) is 0.122. The molecule has 560 valence electrons. The van der Waals surface area contributed by atoms with Gasteiger partial charge in [0.05, 0.1) is 66.9 Å². The molecule has 8 nitrogen and oxygen atoms in total. The van der Waals surface area contributed by atoms with Gasteiger partial charge in [-0.15, -0.1) is 0 Å². The third-order valence-corrected chi connectivity index (χ3v) is 23.8. The molecule has 0 fully saturated rings. The van der Waals surface area contributed by atoms with Crippen LogP contribution in [0.1, 0.15) is 0 Å². The van der Waals surface area contributed by atoms with Crippen molar-refractivity contribution in [3.63, 3.8) is 0 Å². The Bertz CT molecular complexity index is 8050. The zero-order valence-electron chi connectivity index (χ0n) is 65.1. The van der Waals surface area contributed by atoms with Gasteiger partial charge in [0.25, 0.3) is 0 Å². The lowest BCUT2D eigenvalue weighted by atomic mass is 9.99. The molecule has 0 unspecified atom stereocenters. The summed E-state index contributed by atoms with van der Waals surface area (Å²) in [4.78, 5) is 20.3. The Kier molecular flexibility index (Phi) is 16.7. The van der Waals surface area contributed by atoms with Crippen LogP contribution in [0.4, 0.5) is 0 Å². The first-order valence-corrected chi connectivity index (χ1v) is 40.8. The van der Waals surface area contributed by atoms with Crippen molar-refractivity contribution in [2.45, 2.75) is 0 Å². The van der Waals surface area contributed by atoms with Crippen molar-refractivity contribution in [2.75, 3.05) is 0 Å². The molecule has 0 spiro atoms. The summed E-state index contributed by atoms with van der Waals surface area (Å²) in [6, 6.07) is 156. The molecular weight excluding hydrogens is 1460 g/mol. The van der Waals surface area contributed by atoms with Crippen LogP contribution in [0.3, 0.4) is 0 Å². The lowest BCUT2D eigenvalue weighted by Crippen LogP contribution is -1.97. The Labute approximate surface area is 692 Å². The minimum absolute atomic E-state index is 0.709. The Morgan fingerprint density at radius 2 is 0.417 bits per heavy atom. The highest BCUT2D eigenvalue weighted by Crippen LogP contribution is 2.44. The van der Waals surface area contributed by atoms with Crippen LogP contribution in [0.15, 0.2) is 437 Å². The van der Waals surface area contributed by atoms with E-state index in [1.165, 1.54) is 137 Å². The molecule has 6 aromatic heterocycles. The largest absolute Gasteiger partial charge is 0.309 e. The first-order chi connectivity index (χ1) is 59.5. The lowest BCUT2D eigenvalue weighted by Gasteiger charge is -2.12. The highest BCUT2D eigenvalue weighted by Gasteiger charge is 2.22. The van der Waals surface area contributed by atoms with Crippen LogP contribution in [0.2, 0.25) is 0 Å². The van der Waals surface area contributed by atoms with Gasteiger partial charge in [-0.25, -0.2) is 19.9 Å². The second kappa shape index (κ2) is 29.0. The summed E-state index contributed by atoms with van der Waals surface area (Å²) in [7, 11) is 0. The standard InChI is InChI=1S/2C56H36N4/c1-4-15-38(16-5-1)49-36-50(58-56(57-49)40-17-6-2-7-18-40)39-24-29-44(30-25-39)59-51-23-13-12-22-46(51)47-34-41(27-31-52(47)59)42-28-32-53-48(35-42)55-45-21-11-10-14-37(45)26-33-54(55)60(53)43-19-8-3-9-20-43;1-3-14-38(15-4-1)50-36-51(58-56(57-50)43-24-23-37-13-7-8-16-40(37)33-43)39-25-29-45(30-26-39)60-53-22-12-10-20-47(53)49-35-42(28-32-55(49)60)41-27-31-54-48(34-41)46-19-9-11-21-52(46)59(54)44-17-5-2-6-18-44/h2*1-36H. The van der Waals surface area contributed by atoms with E-state index in [0.717, 1.165) is 73.2 Å². The minimum atomic E-state index is 0.709. The van der Waals surface area contributed by atoms with Gasteiger partial charge in [-0.1, -0.05) is 297 Å². The van der Waals surface area contributed by atoms with Gasteiger partial charge in [0.1, 0.15) is 0 Å². The number of benzene rings is 18. The molecule has 0 saturated heterocycles. The fourth-order valence-corrected chi connectivity index (χ4v) is 18.1. The van der Waals surface area contributed by atoms with Gasteiger partial charge >= 0.3 is 0 Å². The molecule has 120 heavy (non-hydrogen) atoms. The molecule has 0 amide bonds. The average Bonchev–Trinajstić information content (AvgIpc) is 1.58. The fraction of sp³-hybridized carbons (Fsp3) is 0. The van der Waals surface area contributed by atoms with Crippen molar-refractivity contribution in [3.05, 3.63) is 437 Å². The monoisotopic (exact) mass is 1530 g/mol. The number of rotatable bonds is 12. The Morgan fingerprint density at radius 1 is 0.142 bits per heavy atom. The Morgan fingerprint density at radius 3 is 0.850 bits per heavy atom. The Balaban J connectivity index is 0.000000140. The van der Waals surface area contributed by atoms with Gasteiger partial charge in [-0.05, 0) is 183 Å². The smallest absolute Gasteiger partial charge is 0.160 e. The van der Waals surface area contributed by atoms with Crippen LogP contribution in [0.25, 0.3) is 222 Å². The van der Waals surface area contributed by atoms with Crippen LogP contribution in [-0.2, 0) is 0 Å². The highest BCUT2D eigenvalue weighted by atomic mass is 15.0. The van der Waals surface area contributed by atoms with Crippen LogP contribution in [0, 0.1) is 0 Å². The van der Waals surface area contributed by atoms with Gasteiger partial charge in [-0.2, -0.15) is 0 Å². The maximum atomic E-state index is 5.17. The van der Waals surface area contributed by atoms with E-state index in [1.807, 2.05) is 30.3 Å². The minimum Gasteiger partial charge on any atom is -0.309 e. The van der Waals surface area contributed by atoms with Crippen molar-refractivity contribution in [2.24, 2.45) is 0 Å². The van der Waals surface area contributed by atoms with E-state index in [-0.39, 0.29) is 0 Å². The normalized spacial score (nSPS) is 11.7. The third-order valence-electron chi connectivity index (χ3n) is 23.8. The van der Waals surface area contributed by atoms with E-state index in [9.17, 15) is 0 Å². The fourth-order valence-electron chi connectivity index (χ4n) is 18.1. The van der Waals surface area contributed by atoms with Crippen LogP contribution < -0.4 is 0 Å². The van der Waals surface area contributed by atoms with Crippen LogP contribution in [0.5, 0.6) is 0 Å². The SMILES string of the molecule is c1ccc(-c2cc(-c3ccc(-n4c5ccccc5c5cc(-c6ccc7c(c6)c6c8ccccc8ccc6n7-c6ccccc6)ccc54)cc3)nc(-c3ccccc3)n2)cc1.c1ccc(-c2cc(-c3ccc(-n4c5ccccc5c5cc(-c6ccc7c(c6)c6ccccc6n7-c6ccccc6)ccc54)cc3)nc(-c3ccc4ccccc4c3)n2)cc1. The van der Waals surface area contributed by atoms with Gasteiger partial charge in [0.15, 0.2) is 11.6 Å². The molecule has 0 radical (unpaired) electrons. The average molecular weight is 1530 g/mol. The van der Waals surface area contributed by atoms with Gasteiger partial charge in [-0.3, -0.25) is 0 Å². The van der Waals surface area contributed by atoms with Crippen LogP contribution in [-0.4, -0.2) is 38.2 Å². The van der Waals surface area contributed by atoms with Crippen molar-refractivity contribution in [1.29, 1.82) is 0 Å². The van der Waals surface area contributed by atoms with Crippen molar-refractivity contribution in [1.82, 2.24) is 38.2 Å². The molecule has 6 heterocycles. The molecule has 0 aliphatic heterocycles. The van der Waals surface area contributed by atoms with Gasteiger partial charge < -0.3 is 18.3 Å². The second-order valence-electron chi connectivity index (χ2n) is 30.9. The molecule has 24 rings (SSSR count). The molecule has 0 aliphatic carbocycles. The summed E-state index contributed by atoms with van der Waals surface area (Å²) in [5.74, 6) is 1.42. The number of fused-ring (bicyclic) bond motifs is 15. The molecule has 0 saturated carbocycles. The zero-order valence-corrected chi connectivity index (χ0v) is 65.1. The molecule has 0 bridgehead atoms. The van der Waals surface area contributed by atoms with Crippen molar-refractivity contribution < 1.29 is 0 Å². The molecule has 8 heteroatoms. The van der Waals surface area contributed by atoms with Crippen molar-refractivity contribution in [3.8, 4) is 113 Å². The number of aromatic nitrogens is 8. The Hall–Kier alpha value is -16.2. The maximum absolute atomic E-state index is 5.17. The number of para-hydroxylation sites is 5. The van der Waals surface area contributed by atoms with Crippen molar-refractivity contribution >= 4 is 109 Å². The lowest BCUT2D eigenvalue weighted by molar-refractivity contribution is 1.17. The highest BCUT2D eigenvalue weighted by molar-refractivity contribution is 6.22. The topological polar surface area (TPSA) is 71.3 Å². The molecule has 24 aromatic rings. The number of hydrogen-bond donors (Lipinski definition) is 0. The molecular formula is C112H72N8. The second-order valence-corrected chi connectivity index (χ2v) is 30.9. The summed E-state index contributed by atoms with van der Waals surface area (Å²) in [6.45, 7) is 0. The molecule has 0 atom stereocenters. The predicted molar refractivity (Wildman–Crippen MR) is 500 cm³/mol. The summed E-state index contributed by atoms with van der Waals surface area (Å²) in [5.41, 5.74) is 28.5. The van der Waals surface area contributed by atoms with Gasteiger partial charge in [0.2, 0.25) is 0 Å². The zero-order chi connectivity index (χ0) is 79.1.